The predicted octanol–water partition coefficient (Wildman–Crippen LogP) is 2.21. The second-order valence-corrected chi connectivity index (χ2v) is 7.79. The maximum atomic E-state index is 13.1. The van der Waals surface area contributed by atoms with Gasteiger partial charge in [-0.15, -0.1) is 0 Å². The number of amides is 2. The van der Waals surface area contributed by atoms with Crippen LogP contribution in [-0.4, -0.2) is 65.9 Å². The Morgan fingerprint density at radius 2 is 1.76 bits per heavy atom. The molecule has 0 saturated carbocycles. The van der Waals surface area contributed by atoms with Gasteiger partial charge in [0, 0.05) is 69.7 Å². The zero-order chi connectivity index (χ0) is 20.1. The Morgan fingerprint density at radius 1 is 1.00 bits per heavy atom. The van der Waals surface area contributed by atoms with Crippen molar-refractivity contribution in [3.05, 3.63) is 60.4 Å². The molecule has 1 unspecified atom stereocenters. The third-order valence-corrected chi connectivity index (χ3v) is 5.93. The first-order chi connectivity index (χ1) is 14.2. The molecule has 2 fully saturated rings. The minimum Gasteiger partial charge on any atom is -0.368 e. The van der Waals surface area contributed by atoms with Crippen LogP contribution in [0, 0.1) is 5.92 Å². The molecular formula is C23H28N4O2. The highest BCUT2D eigenvalue weighted by molar-refractivity contribution is 5.84. The van der Waals surface area contributed by atoms with E-state index < -0.39 is 0 Å². The van der Waals surface area contributed by atoms with Crippen LogP contribution in [0.25, 0.3) is 0 Å². The van der Waals surface area contributed by atoms with Gasteiger partial charge in [-0.3, -0.25) is 14.6 Å². The Balaban J connectivity index is 1.30. The van der Waals surface area contributed by atoms with E-state index in [1.165, 1.54) is 5.69 Å². The van der Waals surface area contributed by atoms with Crippen molar-refractivity contribution in [1.82, 2.24) is 14.8 Å². The molecule has 3 heterocycles. The van der Waals surface area contributed by atoms with Gasteiger partial charge in [-0.1, -0.05) is 24.3 Å². The largest absolute Gasteiger partial charge is 0.368 e. The van der Waals surface area contributed by atoms with Crippen LogP contribution in [0.3, 0.4) is 0 Å². The van der Waals surface area contributed by atoms with Crippen molar-refractivity contribution in [2.75, 3.05) is 44.2 Å². The molecule has 2 aliphatic heterocycles. The van der Waals surface area contributed by atoms with Gasteiger partial charge in [-0.25, -0.2) is 0 Å². The first-order valence-electron chi connectivity index (χ1n) is 10.5. The molecule has 4 rings (SSSR count). The third kappa shape index (κ3) is 4.75. The highest BCUT2D eigenvalue weighted by Crippen LogP contribution is 2.22. The van der Waals surface area contributed by atoms with Crippen molar-refractivity contribution in [2.45, 2.75) is 19.3 Å². The summed E-state index contributed by atoms with van der Waals surface area (Å²) < 4.78 is 0. The number of hydrogen-bond acceptors (Lipinski definition) is 4. The summed E-state index contributed by atoms with van der Waals surface area (Å²) in [7, 11) is 0. The molecule has 0 spiro atoms. The fraction of sp³-hybridized carbons (Fsp3) is 0.435. The lowest BCUT2D eigenvalue weighted by atomic mass is 9.95. The normalized spacial score (nSPS) is 20.1. The summed E-state index contributed by atoms with van der Waals surface area (Å²) in [6.07, 6.45) is 3.62. The van der Waals surface area contributed by atoms with Crippen molar-refractivity contribution < 1.29 is 9.59 Å². The smallest absolute Gasteiger partial charge is 0.227 e. The van der Waals surface area contributed by atoms with E-state index in [-0.39, 0.29) is 17.7 Å². The number of piperazine rings is 1. The fourth-order valence-corrected chi connectivity index (χ4v) is 4.21. The van der Waals surface area contributed by atoms with Gasteiger partial charge in [0.1, 0.15) is 0 Å². The molecule has 0 N–H and O–H groups in total. The highest BCUT2D eigenvalue weighted by Gasteiger charge is 2.33. The Labute approximate surface area is 172 Å². The van der Waals surface area contributed by atoms with Gasteiger partial charge in [0.15, 0.2) is 0 Å². The van der Waals surface area contributed by atoms with Gasteiger partial charge in [0.2, 0.25) is 11.8 Å². The fourth-order valence-electron chi connectivity index (χ4n) is 4.21. The van der Waals surface area contributed by atoms with Crippen LogP contribution in [0.4, 0.5) is 5.69 Å². The monoisotopic (exact) mass is 392 g/mol. The second-order valence-electron chi connectivity index (χ2n) is 7.79. The number of likely N-dealkylation sites (tertiary alicyclic amines) is 1. The van der Waals surface area contributed by atoms with E-state index in [1.807, 2.05) is 46.2 Å². The first kappa shape index (κ1) is 19.4. The molecule has 0 aliphatic carbocycles. The summed E-state index contributed by atoms with van der Waals surface area (Å²) in [5.74, 6) is 0.270. The number of aromatic nitrogens is 1. The molecule has 2 aliphatic rings. The number of piperidine rings is 1. The summed E-state index contributed by atoms with van der Waals surface area (Å²) in [4.78, 5) is 35.9. The Bertz CT molecular complexity index is 819. The Morgan fingerprint density at radius 3 is 2.48 bits per heavy atom. The lowest BCUT2D eigenvalue weighted by Crippen LogP contribution is -2.53. The standard InChI is InChI=1S/C23H28N4O2/c28-22-10-9-19(18-27(22)13-11-20-6-4-5-12-24-20)23(29)26-16-14-25(15-17-26)21-7-2-1-3-8-21/h1-8,12,19H,9-11,13-18H2. The number of benzene rings is 1. The molecular weight excluding hydrogens is 364 g/mol. The quantitative estimate of drug-likeness (QED) is 0.783. The molecule has 1 aromatic carbocycles. The predicted molar refractivity (Wildman–Crippen MR) is 112 cm³/mol. The number of pyridine rings is 1. The van der Waals surface area contributed by atoms with Crippen LogP contribution in [0.5, 0.6) is 0 Å². The molecule has 1 aromatic heterocycles. The van der Waals surface area contributed by atoms with E-state index in [4.69, 9.17) is 0 Å². The van der Waals surface area contributed by atoms with E-state index in [0.29, 0.717) is 25.9 Å². The van der Waals surface area contributed by atoms with Gasteiger partial charge < -0.3 is 14.7 Å². The number of carbonyl (C=O) groups is 2. The molecule has 152 valence electrons. The van der Waals surface area contributed by atoms with Crippen LogP contribution in [-0.2, 0) is 16.0 Å². The Kier molecular flexibility index (Phi) is 6.08. The average Bonchev–Trinajstić information content (AvgIpc) is 2.79. The molecule has 2 aromatic rings. The molecule has 0 radical (unpaired) electrons. The molecule has 29 heavy (non-hydrogen) atoms. The van der Waals surface area contributed by atoms with Gasteiger partial charge in [-0.2, -0.15) is 0 Å². The second kappa shape index (κ2) is 9.07. The van der Waals surface area contributed by atoms with Gasteiger partial charge in [0.25, 0.3) is 0 Å². The zero-order valence-electron chi connectivity index (χ0n) is 16.7. The number of rotatable bonds is 5. The van der Waals surface area contributed by atoms with Gasteiger partial charge in [-0.05, 0) is 30.7 Å². The minimum absolute atomic E-state index is 0.0836. The first-order valence-corrected chi connectivity index (χ1v) is 10.5. The summed E-state index contributed by atoms with van der Waals surface area (Å²) >= 11 is 0. The number of para-hydroxylation sites is 1. The third-order valence-electron chi connectivity index (χ3n) is 5.93. The minimum atomic E-state index is -0.0836. The van der Waals surface area contributed by atoms with Crippen LogP contribution < -0.4 is 4.90 Å². The maximum Gasteiger partial charge on any atom is 0.227 e. The maximum absolute atomic E-state index is 13.1. The van der Waals surface area contributed by atoms with Crippen LogP contribution in [0.2, 0.25) is 0 Å². The van der Waals surface area contributed by atoms with E-state index in [9.17, 15) is 9.59 Å². The lowest BCUT2D eigenvalue weighted by molar-refractivity contribution is -0.143. The van der Waals surface area contributed by atoms with Crippen molar-refractivity contribution >= 4 is 17.5 Å². The average molecular weight is 393 g/mol. The van der Waals surface area contributed by atoms with Crippen LogP contribution in [0.1, 0.15) is 18.5 Å². The summed E-state index contributed by atoms with van der Waals surface area (Å²) in [5.41, 5.74) is 2.19. The molecule has 1 atom stereocenters. The number of carbonyl (C=O) groups excluding carboxylic acids is 2. The summed E-state index contributed by atoms with van der Waals surface area (Å²) in [5, 5.41) is 0. The topological polar surface area (TPSA) is 56.8 Å². The summed E-state index contributed by atoms with van der Waals surface area (Å²) in [6, 6.07) is 16.2. The van der Waals surface area contributed by atoms with Gasteiger partial charge in [0.05, 0.1) is 5.92 Å². The van der Waals surface area contributed by atoms with E-state index in [2.05, 4.69) is 22.0 Å². The van der Waals surface area contributed by atoms with Crippen molar-refractivity contribution in [2.24, 2.45) is 5.92 Å². The molecule has 6 nitrogen and oxygen atoms in total. The van der Waals surface area contributed by atoms with Crippen molar-refractivity contribution in [3.63, 3.8) is 0 Å². The number of hydrogen-bond donors (Lipinski definition) is 0. The molecule has 2 amide bonds. The highest BCUT2D eigenvalue weighted by atomic mass is 16.2. The lowest BCUT2D eigenvalue weighted by Gasteiger charge is -2.39. The number of nitrogens with zero attached hydrogens (tertiary/aromatic N) is 4. The van der Waals surface area contributed by atoms with Gasteiger partial charge >= 0.3 is 0 Å². The molecule has 6 heteroatoms. The summed E-state index contributed by atoms with van der Waals surface area (Å²) in [6.45, 7) is 4.35. The zero-order valence-corrected chi connectivity index (χ0v) is 16.7. The van der Waals surface area contributed by atoms with Crippen LogP contribution >= 0.6 is 0 Å². The van der Waals surface area contributed by atoms with Crippen molar-refractivity contribution in [3.8, 4) is 0 Å². The van der Waals surface area contributed by atoms with E-state index in [1.54, 1.807) is 6.20 Å². The van der Waals surface area contributed by atoms with E-state index in [0.717, 1.165) is 38.3 Å². The number of anilines is 1. The van der Waals surface area contributed by atoms with Crippen LogP contribution in [0.15, 0.2) is 54.7 Å². The SMILES string of the molecule is O=C1CCC(C(=O)N2CCN(c3ccccc3)CC2)CN1CCc1ccccn1. The van der Waals surface area contributed by atoms with Crippen molar-refractivity contribution in [1.29, 1.82) is 0 Å². The van der Waals surface area contributed by atoms with E-state index >= 15 is 0 Å². The molecule has 2 saturated heterocycles. The molecule has 0 bridgehead atoms. The Hall–Kier alpha value is -2.89.